The Morgan fingerprint density at radius 1 is 1.00 bits per heavy atom. The summed E-state index contributed by atoms with van der Waals surface area (Å²) in [6.07, 6.45) is 0. The van der Waals surface area contributed by atoms with E-state index in [9.17, 15) is 9.59 Å². The molecule has 0 bridgehead atoms. The average Bonchev–Trinajstić information content (AvgIpc) is 2.96. The molecule has 2 aromatic heterocycles. The van der Waals surface area contributed by atoms with Crippen LogP contribution < -0.4 is 16.0 Å². The van der Waals surface area contributed by atoms with Crippen molar-refractivity contribution in [1.29, 1.82) is 0 Å². The molecule has 1 aromatic carbocycles. The first kappa shape index (κ1) is 13.1. The van der Waals surface area contributed by atoms with Crippen LogP contribution in [0.1, 0.15) is 0 Å². The number of rotatable bonds is 2. The summed E-state index contributed by atoms with van der Waals surface area (Å²) in [6, 6.07) is 7.06. The first-order valence-corrected chi connectivity index (χ1v) is 6.20. The van der Waals surface area contributed by atoms with Gasteiger partial charge in [0.15, 0.2) is 11.2 Å². The zero-order chi connectivity index (χ0) is 15.1. The zero-order valence-corrected chi connectivity index (χ0v) is 11.8. The molecule has 0 aliphatic heterocycles. The van der Waals surface area contributed by atoms with E-state index in [-0.39, 0.29) is 11.2 Å². The maximum atomic E-state index is 12.1. The molecule has 0 saturated heterocycles. The lowest BCUT2D eigenvalue weighted by atomic mass is 10.3. The summed E-state index contributed by atoms with van der Waals surface area (Å²) >= 11 is 0. The molecule has 0 radical (unpaired) electrons. The minimum Gasteiger partial charge on any atom is -0.497 e. The Bertz CT molecular complexity index is 933. The van der Waals surface area contributed by atoms with Gasteiger partial charge in [-0.3, -0.25) is 13.9 Å². The van der Waals surface area contributed by atoms with E-state index >= 15 is 0 Å². The number of ether oxygens (including phenoxy) is 1. The van der Waals surface area contributed by atoms with Crippen molar-refractivity contribution in [2.75, 3.05) is 7.11 Å². The largest absolute Gasteiger partial charge is 0.497 e. The highest BCUT2D eigenvalue weighted by atomic mass is 16.5. The second-order valence-corrected chi connectivity index (χ2v) is 4.57. The Hall–Kier alpha value is -2.90. The average molecular weight is 287 g/mol. The number of methoxy groups -OCH3 is 1. The van der Waals surface area contributed by atoms with Gasteiger partial charge in [-0.1, -0.05) is 0 Å². The van der Waals surface area contributed by atoms with Crippen LogP contribution in [-0.2, 0) is 14.1 Å². The Balaban J connectivity index is 2.26. The van der Waals surface area contributed by atoms with Crippen LogP contribution in [0.5, 0.6) is 5.75 Å². The molecule has 108 valence electrons. The molecule has 0 aliphatic carbocycles. The van der Waals surface area contributed by atoms with E-state index in [1.807, 2.05) is 0 Å². The van der Waals surface area contributed by atoms with E-state index in [4.69, 9.17) is 4.74 Å². The van der Waals surface area contributed by atoms with Gasteiger partial charge in [0.1, 0.15) is 5.75 Å². The number of hydrogen-bond acceptors (Lipinski definition) is 5. The molecule has 0 unspecified atom stereocenters. The fourth-order valence-corrected chi connectivity index (χ4v) is 2.06. The summed E-state index contributed by atoms with van der Waals surface area (Å²) in [6.45, 7) is 0. The fraction of sp³-hybridized carbons (Fsp3) is 0.231. The second kappa shape index (κ2) is 4.58. The van der Waals surface area contributed by atoms with Crippen LogP contribution in [0.3, 0.4) is 0 Å². The molecule has 0 aliphatic rings. The molecule has 0 amide bonds. The van der Waals surface area contributed by atoms with Crippen LogP contribution in [0.25, 0.3) is 16.9 Å². The van der Waals surface area contributed by atoms with Gasteiger partial charge in [0.05, 0.1) is 12.8 Å². The van der Waals surface area contributed by atoms with E-state index in [0.717, 1.165) is 4.57 Å². The summed E-state index contributed by atoms with van der Waals surface area (Å²) < 4.78 is 7.39. The highest BCUT2D eigenvalue weighted by Crippen LogP contribution is 2.14. The van der Waals surface area contributed by atoms with Crippen molar-refractivity contribution in [2.45, 2.75) is 0 Å². The van der Waals surface area contributed by atoms with E-state index < -0.39 is 11.2 Å². The smallest absolute Gasteiger partial charge is 0.332 e. The quantitative estimate of drug-likeness (QED) is 0.653. The normalized spacial score (nSPS) is 11.0. The van der Waals surface area contributed by atoms with Crippen LogP contribution in [0, 0.1) is 0 Å². The number of aromatic nitrogens is 5. The molecule has 3 aromatic rings. The Morgan fingerprint density at radius 3 is 2.29 bits per heavy atom. The molecule has 21 heavy (non-hydrogen) atoms. The minimum absolute atomic E-state index is 0.149. The Kier molecular flexibility index (Phi) is 2.86. The van der Waals surface area contributed by atoms with Crippen molar-refractivity contribution in [3.8, 4) is 11.4 Å². The highest BCUT2D eigenvalue weighted by molar-refractivity contribution is 5.68. The van der Waals surface area contributed by atoms with Crippen molar-refractivity contribution in [2.24, 2.45) is 14.1 Å². The standard InChI is InChI=1S/C13H13N5O3/c1-16-11-10(12(19)17(2)13(16)20)14-18(15-11)8-4-6-9(21-3)7-5-8/h4-7H,1-3H3. The zero-order valence-electron chi connectivity index (χ0n) is 11.8. The lowest BCUT2D eigenvalue weighted by Gasteiger charge is -2.01. The molecule has 3 rings (SSSR count). The molecule has 8 heteroatoms. The number of hydrogen-bond donors (Lipinski definition) is 0. The van der Waals surface area contributed by atoms with Crippen LogP contribution >= 0.6 is 0 Å². The van der Waals surface area contributed by atoms with Crippen LogP contribution in [0.2, 0.25) is 0 Å². The number of nitrogens with zero attached hydrogens (tertiary/aromatic N) is 5. The molecule has 2 heterocycles. The van der Waals surface area contributed by atoms with Crippen LogP contribution in [-0.4, -0.2) is 31.2 Å². The van der Waals surface area contributed by atoms with Gasteiger partial charge in [-0.2, -0.15) is 0 Å². The molecule has 0 atom stereocenters. The fourth-order valence-electron chi connectivity index (χ4n) is 2.06. The monoisotopic (exact) mass is 287 g/mol. The van der Waals surface area contributed by atoms with Crippen LogP contribution in [0.4, 0.5) is 0 Å². The first-order chi connectivity index (χ1) is 10.0. The molecular weight excluding hydrogens is 274 g/mol. The van der Waals surface area contributed by atoms with E-state index in [0.29, 0.717) is 11.4 Å². The predicted octanol–water partition coefficient (Wildman–Crippen LogP) is -0.173. The van der Waals surface area contributed by atoms with Gasteiger partial charge in [-0.15, -0.1) is 15.0 Å². The summed E-state index contributed by atoms with van der Waals surface area (Å²) in [7, 11) is 4.54. The van der Waals surface area contributed by atoms with Crippen molar-refractivity contribution in [1.82, 2.24) is 24.1 Å². The van der Waals surface area contributed by atoms with Gasteiger partial charge in [-0.25, -0.2) is 4.79 Å². The second-order valence-electron chi connectivity index (χ2n) is 4.57. The van der Waals surface area contributed by atoms with Gasteiger partial charge < -0.3 is 4.74 Å². The molecule has 0 saturated carbocycles. The highest BCUT2D eigenvalue weighted by Gasteiger charge is 2.14. The summed E-state index contributed by atoms with van der Waals surface area (Å²) in [5.74, 6) is 0.707. The lowest BCUT2D eigenvalue weighted by molar-refractivity contribution is 0.414. The van der Waals surface area contributed by atoms with E-state index in [2.05, 4.69) is 10.2 Å². The third-order valence-electron chi connectivity index (χ3n) is 3.30. The Labute approximate surface area is 118 Å². The summed E-state index contributed by atoms with van der Waals surface area (Å²) in [4.78, 5) is 25.2. The summed E-state index contributed by atoms with van der Waals surface area (Å²) in [5.41, 5.74) is 0.165. The molecule has 0 fully saturated rings. The molecule has 0 N–H and O–H groups in total. The predicted molar refractivity (Wildman–Crippen MR) is 75.9 cm³/mol. The molecule has 0 spiro atoms. The maximum absolute atomic E-state index is 12.1. The molecule has 8 nitrogen and oxygen atoms in total. The van der Waals surface area contributed by atoms with Crippen molar-refractivity contribution in [3.63, 3.8) is 0 Å². The van der Waals surface area contributed by atoms with E-state index in [1.165, 1.54) is 16.4 Å². The van der Waals surface area contributed by atoms with Gasteiger partial charge in [0.2, 0.25) is 0 Å². The topological polar surface area (TPSA) is 83.9 Å². The van der Waals surface area contributed by atoms with Crippen molar-refractivity contribution < 1.29 is 4.74 Å². The van der Waals surface area contributed by atoms with Gasteiger partial charge >= 0.3 is 5.69 Å². The first-order valence-electron chi connectivity index (χ1n) is 6.20. The SMILES string of the molecule is COc1ccc(-n2nc3c(=O)n(C)c(=O)n(C)c3n2)cc1. The minimum atomic E-state index is -0.465. The Morgan fingerprint density at radius 2 is 1.67 bits per heavy atom. The van der Waals surface area contributed by atoms with Gasteiger partial charge in [0, 0.05) is 14.1 Å². The maximum Gasteiger partial charge on any atom is 0.332 e. The number of benzene rings is 1. The van der Waals surface area contributed by atoms with Crippen molar-refractivity contribution in [3.05, 3.63) is 45.1 Å². The third-order valence-corrected chi connectivity index (χ3v) is 3.30. The molecular formula is C13H13N5O3. The summed E-state index contributed by atoms with van der Waals surface area (Å²) in [5, 5.41) is 8.39. The third kappa shape index (κ3) is 1.92. The van der Waals surface area contributed by atoms with Crippen molar-refractivity contribution >= 4 is 11.2 Å². The lowest BCUT2D eigenvalue weighted by Crippen LogP contribution is -2.36. The number of fused-ring (bicyclic) bond motifs is 1. The van der Waals surface area contributed by atoms with Gasteiger partial charge in [0.25, 0.3) is 5.56 Å². The van der Waals surface area contributed by atoms with Crippen LogP contribution in [0.15, 0.2) is 33.9 Å². The number of aryl methyl sites for hydroxylation is 1. The van der Waals surface area contributed by atoms with E-state index in [1.54, 1.807) is 38.4 Å². The van der Waals surface area contributed by atoms with Gasteiger partial charge in [-0.05, 0) is 24.3 Å².